The summed E-state index contributed by atoms with van der Waals surface area (Å²) in [5, 5.41) is 0. The van der Waals surface area contributed by atoms with Crippen molar-refractivity contribution in [3.63, 3.8) is 0 Å². The van der Waals surface area contributed by atoms with E-state index >= 15 is 0 Å². The van der Waals surface area contributed by atoms with Gasteiger partial charge in [-0.25, -0.2) is 0 Å². The van der Waals surface area contributed by atoms with Crippen molar-refractivity contribution in [2.45, 2.75) is 0 Å². The first kappa shape index (κ1) is 7.62. The summed E-state index contributed by atoms with van der Waals surface area (Å²) < 4.78 is 0. The molecule has 0 aromatic rings. The standard InChI is InChI=1S/C6H8N2O/c1-3-4-5(8-2)6(7)9/h3-4H,1-2H2,(H2,7,9)/b5-4-. The van der Waals surface area contributed by atoms with Gasteiger partial charge in [-0.3, -0.25) is 9.79 Å². The van der Waals surface area contributed by atoms with Gasteiger partial charge in [0.2, 0.25) is 0 Å². The van der Waals surface area contributed by atoms with E-state index in [1.807, 2.05) is 0 Å². The fourth-order valence-corrected chi connectivity index (χ4v) is 0.324. The van der Waals surface area contributed by atoms with Gasteiger partial charge in [-0.15, -0.1) is 0 Å². The highest BCUT2D eigenvalue weighted by Gasteiger charge is 1.96. The molecule has 0 unspecified atom stereocenters. The molecule has 0 rings (SSSR count). The van der Waals surface area contributed by atoms with Gasteiger partial charge in [-0.1, -0.05) is 12.7 Å². The predicted octanol–water partition coefficient (Wildman–Crippen LogP) is 0.242. The third kappa shape index (κ3) is 2.43. The van der Waals surface area contributed by atoms with E-state index in [9.17, 15) is 4.79 Å². The molecule has 0 saturated heterocycles. The lowest BCUT2D eigenvalue weighted by Gasteiger charge is -1.88. The topological polar surface area (TPSA) is 55.4 Å². The number of nitrogens with two attached hydrogens (primary N) is 1. The third-order valence-corrected chi connectivity index (χ3v) is 0.699. The van der Waals surface area contributed by atoms with Crippen molar-refractivity contribution < 1.29 is 4.79 Å². The molecule has 3 nitrogen and oxygen atoms in total. The summed E-state index contributed by atoms with van der Waals surface area (Å²) in [4.78, 5) is 13.6. The van der Waals surface area contributed by atoms with Crippen LogP contribution in [0.4, 0.5) is 0 Å². The Morgan fingerprint density at radius 3 is 2.33 bits per heavy atom. The van der Waals surface area contributed by atoms with E-state index < -0.39 is 5.91 Å². The number of carbonyl (C=O) groups is 1. The smallest absolute Gasteiger partial charge is 0.267 e. The van der Waals surface area contributed by atoms with Crippen LogP contribution in [0.2, 0.25) is 0 Å². The molecular formula is C6H8N2O. The molecule has 0 aromatic carbocycles. The number of aliphatic imine (C=N–C) groups is 1. The highest BCUT2D eigenvalue weighted by Crippen LogP contribution is 1.91. The summed E-state index contributed by atoms with van der Waals surface area (Å²) in [7, 11) is 0. The minimum Gasteiger partial charge on any atom is -0.364 e. The van der Waals surface area contributed by atoms with Crippen LogP contribution in [0.5, 0.6) is 0 Å². The van der Waals surface area contributed by atoms with Crippen molar-refractivity contribution in [2.75, 3.05) is 0 Å². The maximum Gasteiger partial charge on any atom is 0.267 e. The largest absolute Gasteiger partial charge is 0.364 e. The van der Waals surface area contributed by atoms with Gasteiger partial charge in [0, 0.05) is 0 Å². The lowest BCUT2D eigenvalue weighted by molar-refractivity contribution is -0.114. The van der Waals surface area contributed by atoms with E-state index in [4.69, 9.17) is 5.73 Å². The fraction of sp³-hybridized carbons (Fsp3) is 0. The Labute approximate surface area is 53.6 Å². The Bertz CT molecular complexity index is 170. The fourth-order valence-electron chi connectivity index (χ4n) is 0.324. The minimum atomic E-state index is -0.593. The van der Waals surface area contributed by atoms with E-state index in [1.54, 1.807) is 0 Å². The Balaban J connectivity index is 4.32. The van der Waals surface area contributed by atoms with Crippen molar-refractivity contribution in [1.82, 2.24) is 0 Å². The van der Waals surface area contributed by atoms with Gasteiger partial charge >= 0.3 is 0 Å². The Hall–Kier alpha value is -1.38. The first-order valence-electron chi connectivity index (χ1n) is 2.31. The number of allylic oxidation sites excluding steroid dienone is 2. The quantitative estimate of drug-likeness (QED) is 0.327. The number of amides is 1. The van der Waals surface area contributed by atoms with Crippen molar-refractivity contribution in [1.29, 1.82) is 0 Å². The second-order valence-electron chi connectivity index (χ2n) is 1.31. The number of hydrogen-bond donors (Lipinski definition) is 1. The first-order chi connectivity index (χ1) is 4.22. The molecule has 0 spiro atoms. The molecule has 0 radical (unpaired) electrons. The molecule has 48 valence electrons. The summed E-state index contributed by atoms with van der Waals surface area (Å²) in [6.07, 6.45) is 2.82. The van der Waals surface area contributed by atoms with Crippen molar-refractivity contribution in [3.8, 4) is 0 Å². The van der Waals surface area contributed by atoms with E-state index in [1.165, 1.54) is 12.2 Å². The number of hydrogen-bond acceptors (Lipinski definition) is 2. The summed E-state index contributed by atoms with van der Waals surface area (Å²) in [5.74, 6) is -0.593. The normalized spacial score (nSPS) is 10.4. The van der Waals surface area contributed by atoms with E-state index in [2.05, 4.69) is 18.3 Å². The molecule has 0 aliphatic heterocycles. The van der Waals surface area contributed by atoms with Crippen LogP contribution < -0.4 is 5.73 Å². The average Bonchev–Trinajstić information content (AvgIpc) is 1.82. The molecule has 0 aromatic heterocycles. The predicted molar refractivity (Wildman–Crippen MR) is 37.0 cm³/mol. The van der Waals surface area contributed by atoms with Gasteiger partial charge in [-0.05, 0) is 12.8 Å². The molecule has 0 fully saturated rings. The molecule has 0 aliphatic carbocycles. The second kappa shape index (κ2) is 3.60. The molecule has 0 saturated carbocycles. The highest BCUT2D eigenvalue weighted by molar-refractivity contribution is 5.92. The number of primary amides is 1. The maximum atomic E-state index is 10.3. The van der Waals surface area contributed by atoms with E-state index in [0.29, 0.717) is 0 Å². The van der Waals surface area contributed by atoms with Crippen LogP contribution in [-0.4, -0.2) is 12.6 Å². The Kier molecular flexibility index (Phi) is 3.05. The van der Waals surface area contributed by atoms with Crippen LogP contribution in [0.25, 0.3) is 0 Å². The molecule has 9 heavy (non-hydrogen) atoms. The monoisotopic (exact) mass is 124 g/mol. The van der Waals surface area contributed by atoms with E-state index in [-0.39, 0.29) is 5.70 Å². The Morgan fingerprint density at radius 1 is 1.67 bits per heavy atom. The minimum absolute atomic E-state index is 0.130. The summed E-state index contributed by atoms with van der Waals surface area (Å²) in [6.45, 7) is 6.49. The zero-order valence-electron chi connectivity index (χ0n) is 5.00. The molecule has 0 bridgehead atoms. The van der Waals surface area contributed by atoms with Crippen LogP contribution in [-0.2, 0) is 4.79 Å². The third-order valence-electron chi connectivity index (χ3n) is 0.699. The molecule has 1 amide bonds. The van der Waals surface area contributed by atoms with Gasteiger partial charge in [0.25, 0.3) is 5.91 Å². The molecule has 3 heteroatoms. The number of rotatable bonds is 3. The van der Waals surface area contributed by atoms with E-state index in [0.717, 1.165) is 0 Å². The summed E-state index contributed by atoms with van der Waals surface area (Å²) in [5.41, 5.74) is 4.97. The summed E-state index contributed by atoms with van der Waals surface area (Å²) >= 11 is 0. The van der Waals surface area contributed by atoms with Crippen molar-refractivity contribution >= 4 is 12.6 Å². The lowest BCUT2D eigenvalue weighted by Crippen LogP contribution is -2.11. The lowest BCUT2D eigenvalue weighted by atomic mass is 10.4. The van der Waals surface area contributed by atoms with Gasteiger partial charge in [0.05, 0.1) is 0 Å². The zero-order valence-corrected chi connectivity index (χ0v) is 5.00. The van der Waals surface area contributed by atoms with Gasteiger partial charge in [-0.2, -0.15) is 0 Å². The second-order valence-corrected chi connectivity index (χ2v) is 1.31. The maximum absolute atomic E-state index is 10.3. The van der Waals surface area contributed by atoms with Gasteiger partial charge in [0.15, 0.2) is 0 Å². The van der Waals surface area contributed by atoms with Crippen LogP contribution in [0.3, 0.4) is 0 Å². The van der Waals surface area contributed by atoms with Crippen LogP contribution >= 0.6 is 0 Å². The Morgan fingerprint density at radius 2 is 2.22 bits per heavy atom. The van der Waals surface area contributed by atoms with Gasteiger partial charge in [0.1, 0.15) is 5.70 Å². The first-order valence-corrected chi connectivity index (χ1v) is 2.31. The molecule has 0 aliphatic rings. The number of nitrogens with zero attached hydrogens (tertiary/aromatic N) is 1. The SMILES string of the molecule is C=C/C=C(\N=C)C(N)=O. The van der Waals surface area contributed by atoms with Crippen LogP contribution in [0.1, 0.15) is 0 Å². The molecular weight excluding hydrogens is 116 g/mol. The molecule has 2 N–H and O–H groups in total. The molecule has 0 atom stereocenters. The highest BCUT2D eigenvalue weighted by atomic mass is 16.1. The number of carbonyl (C=O) groups excluding carboxylic acids is 1. The van der Waals surface area contributed by atoms with Crippen LogP contribution in [0.15, 0.2) is 29.4 Å². The van der Waals surface area contributed by atoms with Gasteiger partial charge < -0.3 is 5.73 Å². The van der Waals surface area contributed by atoms with Crippen molar-refractivity contribution in [2.24, 2.45) is 10.7 Å². The average molecular weight is 124 g/mol. The zero-order chi connectivity index (χ0) is 7.28. The molecule has 0 heterocycles. The van der Waals surface area contributed by atoms with Crippen molar-refractivity contribution in [3.05, 3.63) is 24.4 Å². The van der Waals surface area contributed by atoms with Crippen LogP contribution in [0, 0.1) is 0 Å². The summed E-state index contributed by atoms with van der Waals surface area (Å²) in [6, 6.07) is 0.